The van der Waals surface area contributed by atoms with Crippen LogP contribution >= 0.6 is 11.8 Å². The molecule has 0 spiro atoms. The van der Waals surface area contributed by atoms with Crippen molar-refractivity contribution in [2.75, 3.05) is 26.0 Å². The molecule has 0 atom stereocenters. The van der Waals surface area contributed by atoms with E-state index < -0.39 is 0 Å². The predicted octanol–water partition coefficient (Wildman–Crippen LogP) is 2.56. The first-order valence-electron chi connectivity index (χ1n) is 5.78. The molecule has 17 heavy (non-hydrogen) atoms. The zero-order valence-corrected chi connectivity index (χ0v) is 11.2. The Bertz CT molecular complexity index is 355. The minimum absolute atomic E-state index is 0.0266. The summed E-state index contributed by atoms with van der Waals surface area (Å²) < 4.78 is 4.90. The summed E-state index contributed by atoms with van der Waals surface area (Å²) in [5.74, 6) is 1.00. The second-order valence-corrected chi connectivity index (χ2v) is 4.73. The van der Waals surface area contributed by atoms with Crippen LogP contribution in [0.2, 0.25) is 0 Å². The molecule has 1 amide bonds. The molecule has 0 aromatic heterocycles. The van der Waals surface area contributed by atoms with Gasteiger partial charge < -0.3 is 10.1 Å². The first-order valence-corrected chi connectivity index (χ1v) is 6.77. The van der Waals surface area contributed by atoms with Gasteiger partial charge in [0.2, 0.25) is 0 Å². The standard InChI is InChI=1S/C13H19NO2S/c1-3-10-17-12-7-5-4-6-11(12)13(15)14-8-9-16-2/h4-7H,3,8-10H2,1-2H3,(H,14,15). The minimum atomic E-state index is -0.0266. The van der Waals surface area contributed by atoms with E-state index in [-0.39, 0.29) is 5.91 Å². The van der Waals surface area contributed by atoms with Crippen molar-refractivity contribution < 1.29 is 9.53 Å². The number of hydrogen-bond acceptors (Lipinski definition) is 3. The Kier molecular flexibility index (Phi) is 6.74. The molecule has 0 saturated carbocycles. The third kappa shape index (κ3) is 4.79. The fraction of sp³-hybridized carbons (Fsp3) is 0.462. The van der Waals surface area contributed by atoms with E-state index in [2.05, 4.69) is 12.2 Å². The highest BCUT2D eigenvalue weighted by Crippen LogP contribution is 2.22. The zero-order valence-electron chi connectivity index (χ0n) is 10.4. The van der Waals surface area contributed by atoms with Crippen LogP contribution in [0.1, 0.15) is 23.7 Å². The highest BCUT2D eigenvalue weighted by Gasteiger charge is 2.09. The van der Waals surface area contributed by atoms with Gasteiger partial charge in [-0.3, -0.25) is 4.79 Å². The van der Waals surface area contributed by atoms with E-state index in [1.165, 1.54) is 0 Å². The maximum absolute atomic E-state index is 11.9. The molecule has 4 heteroatoms. The van der Waals surface area contributed by atoms with E-state index >= 15 is 0 Å². The van der Waals surface area contributed by atoms with Gasteiger partial charge in [0.1, 0.15) is 0 Å². The Labute approximate surface area is 107 Å². The molecular weight excluding hydrogens is 234 g/mol. The van der Waals surface area contributed by atoms with Crippen molar-refractivity contribution >= 4 is 17.7 Å². The second kappa shape index (κ2) is 8.14. The summed E-state index contributed by atoms with van der Waals surface area (Å²) >= 11 is 1.72. The molecule has 0 aliphatic heterocycles. The summed E-state index contributed by atoms with van der Waals surface area (Å²) in [7, 11) is 1.62. The van der Waals surface area contributed by atoms with E-state index in [0.29, 0.717) is 13.2 Å². The van der Waals surface area contributed by atoms with Crippen molar-refractivity contribution in [3.8, 4) is 0 Å². The van der Waals surface area contributed by atoms with E-state index in [1.807, 2.05) is 24.3 Å². The van der Waals surface area contributed by atoms with Crippen molar-refractivity contribution in [2.24, 2.45) is 0 Å². The number of carbonyl (C=O) groups is 1. The van der Waals surface area contributed by atoms with Crippen LogP contribution in [0.5, 0.6) is 0 Å². The number of rotatable bonds is 7. The molecule has 0 heterocycles. The third-order valence-corrected chi connectivity index (χ3v) is 3.46. The Balaban J connectivity index is 2.64. The summed E-state index contributed by atoms with van der Waals surface area (Å²) in [6.07, 6.45) is 1.10. The minimum Gasteiger partial charge on any atom is -0.383 e. The lowest BCUT2D eigenvalue weighted by molar-refractivity contribution is 0.0934. The number of methoxy groups -OCH3 is 1. The lowest BCUT2D eigenvalue weighted by Crippen LogP contribution is -2.27. The smallest absolute Gasteiger partial charge is 0.252 e. The quantitative estimate of drug-likeness (QED) is 0.599. The van der Waals surface area contributed by atoms with Gasteiger partial charge in [-0.05, 0) is 24.3 Å². The molecule has 0 saturated heterocycles. The Morgan fingerprint density at radius 3 is 2.88 bits per heavy atom. The van der Waals surface area contributed by atoms with Gasteiger partial charge in [0.25, 0.3) is 5.91 Å². The molecule has 1 N–H and O–H groups in total. The van der Waals surface area contributed by atoms with Crippen LogP contribution in [-0.2, 0) is 4.74 Å². The lowest BCUT2D eigenvalue weighted by atomic mass is 10.2. The largest absolute Gasteiger partial charge is 0.383 e. The molecule has 3 nitrogen and oxygen atoms in total. The van der Waals surface area contributed by atoms with E-state index in [1.54, 1.807) is 18.9 Å². The van der Waals surface area contributed by atoms with Crippen molar-refractivity contribution in [2.45, 2.75) is 18.2 Å². The predicted molar refractivity (Wildman–Crippen MR) is 71.7 cm³/mol. The third-order valence-electron chi connectivity index (χ3n) is 2.19. The van der Waals surface area contributed by atoms with Gasteiger partial charge in [0.05, 0.1) is 12.2 Å². The van der Waals surface area contributed by atoms with Crippen molar-refractivity contribution in [3.05, 3.63) is 29.8 Å². The van der Waals surface area contributed by atoms with Gasteiger partial charge in [-0.25, -0.2) is 0 Å². The topological polar surface area (TPSA) is 38.3 Å². The molecule has 1 aromatic carbocycles. The molecule has 0 bridgehead atoms. The fourth-order valence-electron chi connectivity index (χ4n) is 1.35. The van der Waals surface area contributed by atoms with Gasteiger partial charge in [0.15, 0.2) is 0 Å². The molecule has 94 valence electrons. The van der Waals surface area contributed by atoms with Crippen LogP contribution in [0.15, 0.2) is 29.2 Å². The molecule has 1 rings (SSSR count). The van der Waals surface area contributed by atoms with E-state index in [9.17, 15) is 4.79 Å². The number of ether oxygens (including phenoxy) is 1. The van der Waals surface area contributed by atoms with E-state index in [4.69, 9.17) is 4.74 Å². The second-order valence-electron chi connectivity index (χ2n) is 3.59. The summed E-state index contributed by atoms with van der Waals surface area (Å²) in [5, 5.41) is 2.84. The molecule has 0 fully saturated rings. The number of benzene rings is 1. The SMILES string of the molecule is CCCSc1ccccc1C(=O)NCCOC. The molecule has 0 aliphatic carbocycles. The van der Waals surface area contributed by atoms with Crippen LogP contribution in [0.4, 0.5) is 0 Å². The summed E-state index contributed by atoms with van der Waals surface area (Å²) in [6.45, 7) is 3.21. The monoisotopic (exact) mass is 253 g/mol. The highest BCUT2D eigenvalue weighted by atomic mass is 32.2. The Morgan fingerprint density at radius 1 is 1.41 bits per heavy atom. The van der Waals surface area contributed by atoms with Crippen molar-refractivity contribution in [1.82, 2.24) is 5.32 Å². The van der Waals surface area contributed by atoms with Crippen LogP contribution in [0, 0.1) is 0 Å². The molecular formula is C13H19NO2S. The summed E-state index contributed by atoms with van der Waals surface area (Å²) in [6, 6.07) is 7.71. The molecule has 0 radical (unpaired) electrons. The summed E-state index contributed by atoms with van der Waals surface area (Å²) in [4.78, 5) is 13.0. The van der Waals surface area contributed by atoms with Crippen LogP contribution in [0.25, 0.3) is 0 Å². The highest BCUT2D eigenvalue weighted by molar-refractivity contribution is 7.99. The number of amides is 1. The lowest BCUT2D eigenvalue weighted by Gasteiger charge is -2.09. The van der Waals surface area contributed by atoms with Crippen LogP contribution in [-0.4, -0.2) is 31.9 Å². The van der Waals surface area contributed by atoms with Gasteiger partial charge in [-0.1, -0.05) is 19.1 Å². The number of nitrogens with one attached hydrogen (secondary N) is 1. The maximum atomic E-state index is 11.9. The van der Waals surface area contributed by atoms with E-state index in [0.717, 1.165) is 22.6 Å². The maximum Gasteiger partial charge on any atom is 0.252 e. The van der Waals surface area contributed by atoms with Gasteiger partial charge >= 0.3 is 0 Å². The van der Waals surface area contributed by atoms with Crippen LogP contribution in [0.3, 0.4) is 0 Å². The number of carbonyl (C=O) groups excluding carboxylic acids is 1. The average Bonchev–Trinajstić information content (AvgIpc) is 2.37. The first-order chi connectivity index (χ1) is 8.29. The van der Waals surface area contributed by atoms with Gasteiger partial charge in [0, 0.05) is 18.6 Å². The Morgan fingerprint density at radius 2 is 2.18 bits per heavy atom. The van der Waals surface area contributed by atoms with Crippen molar-refractivity contribution in [1.29, 1.82) is 0 Å². The van der Waals surface area contributed by atoms with Crippen molar-refractivity contribution in [3.63, 3.8) is 0 Å². The normalized spacial score (nSPS) is 10.2. The number of thioether (sulfide) groups is 1. The molecule has 0 aliphatic rings. The van der Waals surface area contributed by atoms with Crippen LogP contribution < -0.4 is 5.32 Å². The van der Waals surface area contributed by atoms with Gasteiger partial charge in [-0.2, -0.15) is 0 Å². The fourth-order valence-corrected chi connectivity index (χ4v) is 2.27. The van der Waals surface area contributed by atoms with Gasteiger partial charge in [-0.15, -0.1) is 11.8 Å². The summed E-state index contributed by atoms with van der Waals surface area (Å²) in [5.41, 5.74) is 0.752. The zero-order chi connectivity index (χ0) is 12.5. The number of hydrogen-bond donors (Lipinski definition) is 1. The average molecular weight is 253 g/mol. The molecule has 1 aromatic rings. The first kappa shape index (κ1) is 14.1. The Hall–Kier alpha value is -1.00. The molecule has 0 unspecified atom stereocenters.